The third-order valence-electron chi connectivity index (χ3n) is 4.67. The van der Waals surface area contributed by atoms with Gasteiger partial charge in [-0.15, -0.1) is 12.4 Å². The predicted molar refractivity (Wildman–Crippen MR) is 95.5 cm³/mol. The maximum Gasteiger partial charge on any atom is 0.261 e. The van der Waals surface area contributed by atoms with Crippen molar-refractivity contribution in [1.82, 2.24) is 14.5 Å². The number of hydrogen-bond acceptors (Lipinski definition) is 5. The molecule has 3 rings (SSSR count). The molecule has 1 aromatic carbocycles. The van der Waals surface area contributed by atoms with E-state index in [4.69, 9.17) is 0 Å². The molecule has 0 aliphatic carbocycles. The van der Waals surface area contributed by atoms with Crippen LogP contribution in [0.1, 0.15) is 33.6 Å². The number of fused-ring (bicyclic) bond motifs is 1. The van der Waals surface area contributed by atoms with Crippen LogP contribution in [0.25, 0.3) is 0 Å². The number of rotatable bonds is 4. The van der Waals surface area contributed by atoms with E-state index in [9.17, 15) is 18.0 Å². The van der Waals surface area contributed by atoms with Gasteiger partial charge < -0.3 is 5.32 Å². The van der Waals surface area contributed by atoms with E-state index >= 15 is 0 Å². The second-order valence-electron chi connectivity index (χ2n) is 6.31. The number of halogens is 1. The van der Waals surface area contributed by atoms with Gasteiger partial charge in [0.2, 0.25) is 10.0 Å². The molecular formula is C16H22ClN3O4S. The van der Waals surface area contributed by atoms with Gasteiger partial charge in [0, 0.05) is 20.1 Å². The lowest BCUT2D eigenvalue weighted by Gasteiger charge is -2.31. The number of piperidine rings is 1. The summed E-state index contributed by atoms with van der Waals surface area (Å²) in [4.78, 5) is 25.1. The van der Waals surface area contributed by atoms with Crippen LogP contribution in [0, 0.1) is 5.92 Å². The second-order valence-corrected chi connectivity index (χ2v) is 8.24. The van der Waals surface area contributed by atoms with Crippen molar-refractivity contribution >= 4 is 34.2 Å². The van der Waals surface area contributed by atoms with Gasteiger partial charge >= 0.3 is 0 Å². The minimum atomic E-state index is -3.67. The van der Waals surface area contributed by atoms with Crippen LogP contribution in [-0.4, -0.2) is 63.2 Å². The van der Waals surface area contributed by atoms with Gasteiger partial charge in [0.15, 0.2) is 0 Å². The van der Waals surface area contributed by atoms with Crippen LogP contribution in [0.2, 0.25) is 0 Å². The number of hydrogen-bond donors (Lipinski definition) is 1. The molecular weight excluding hydrogens is 366 g/mol. The van der Waals surface area contributed by atoms with E-state index in [0.717, 1.165) is 24.3 Å². The SMILES string of the molecule is CNCC1CCCN(S(=O)(=O)c2ccc3c(c2)C(=O)N(C)C3=O)C1.Cl. The average molecular weight is 388 g/mol. The number of benzene rings is 1. The molecule has 2 aliphatic heterocycles. The molecule has 1 unspecified atom stereocenters. The van der Waals surface area contributed by atoms with E-state index in [0.29, 0.717) is 13.1 Å². The quantitative estimate of drug-likeness (QED) is 0.777. The lowest BCUT2D eigenvalue weighted by atomic mass is 10.00. The minimum Gasteiger partial charge on any atom is -0.319 e. The van der Waals surface area contributed by atoms with E-state index in [1.165, 1.54) is 29.6 Å². The molecule has 1 saturated heterocycles. The normalized spacial score (nSPS) is 21.2. The number of nitrogens with zero attached hydrogens (tertiary/aromatic N) is 2. The van der Waals surface area contributed by atoms with E-state index in [1.54, 1.807) is 0 Å². The Hall–Kier alpha value is -1.48. The Morgan fingerprint density at radius 1 is 1.20 bits per heavy atom. The van der Waals surface area contributed by atoms with Crippen molar-refractivity contribution < 1.29 is 18.0 Å². The molecule has 1 N–H and O–H groups in total. The van der Waals surface area contributed by atoms with E-state index < -0.39 is 21.8 Å². The Labute approximate surface area is 153 Å². The third-order valence-corrected chi connectivity index (χ3v) is 6.53. The zero-order valence-corrected chi connectivity index (χ0v) is 15.8. The molecule has 1 atom stereocenters. The zero-order chi connectivity index (χ0) is 17.5. The van der Waals surface area contributed by atoms with Crippen molar-refractivity contribution in [1.29, 1.82) is 0 Å². The van der Waals surface area contributed by atoms with Gasteiger partial charge in [-0.3, -0.25) is 14.5 Å². The van der Waals surface area contributed by atoms with Crippen LogP contribution >= 0.6 is 12.4 Å². The summed E-state index contributed by atoms with van der Waals surface area (Å²) in [6.07, 6.45) is 1.81. The summed E-state index contributed by atoms with van der Waals surface area (Å²) in [5, 5.41) is 3.09. The molecule has 9 heteroatoms. The number of carbonyl (C=O) groups excluding carboxylic acids is 2. The number of sulfonamides is 1. The Morgan fingerprint density at radius 2 is 1.88 bits per heavy atom. The molecule has 0 aromatic heterocycles. The van der Waals surface area contributed by atoms with Crippen molar-refractivity contribution in [2.24, 2.45) is 5.92 Å². The Morgan fingerprint density at radius 3 is 2.56 bits per heavy atom. The molecule has 25 heavy (non-hydrogen) atoms. The summed E-state index contributed by atoms with van der Waals surface area (Å²) in [6.45, 7) is 1.72. The largest absolute Gasteiger partial charge is 0.319 e. The van der Waals surface area contributed by atoms with Crippen LogP contribution in [0.5, 0.6) is 0 Å². The molecule has 0 spiro atoms. The number of imide groups is 1. The highest BCUT2D eigenvalue weighted by molar-refractivity contribution is 7.89. The van der Waals surface area contributed by atoms with E-state index in [2.05, 4.69) is 5.32 Å². The lowest BCUT2D eigenvalue weighted by Crippen LogP contribution is -2.42. The minimum absolute atomic E-state index is 0. The van der Waals surface area contributed by atoms with Crippen LogP contribution in [0.4, 0.5) is 0 Å². The smallest absolute Gasteiger partial charge is 0.261 e. The zero-order valence-electron chi connectivity index (χ0n) is 14.2. The fraction of sp³-hybridized carbons (Fsp3) is 0.500. The number of amides is 2. The highest BCUT2D eigenvalue weighted by atomic mass is 35.5. The first kappa shape index (κ1) is 19.8. The fourth-order valence-electron chi connectivity index (χ4n) is 3.35. The van der Waals surface area contributed by atoms with Crippen LogP contribution in [0.3, 0.4) is 0 Å². The van der Waals surface area contributed by atoms with Crippen molar-refractivity contribution in [2.75, 3.05) is 33.7 Å². The monoisotopic (exact) mass is 387 g/mol. The van der Waals surface area contributed by atoms with Gasteiger partial charge in [-0.05, 0) is 50.6 Å². The predicted octanol–water partition coefficient (Wildman–Crippen LogP) is 0.954. The van der Waals surface area contributed by atoms with Gasteiger partial charge in [-0.2, -0.15) is 4.31 Å². The summed E-state index contributed by atoms with van der Waals surface area (Å²) in [5.41, 5.74) is 0.417. The fourth-order valence-corrected chi connectivity index (χ4v) is 4.93. The average Bonchev–Trinajstić information content (AvgIpc) is 2.80. The molecule has 1 fully saturated rings. The third kappa shape index (κ3) is 3.44. The molecule has 7 nitrogen and oxygen atoms in total. The molecule has 0 bridgehead atoms. The molecule has 138 valence electrons. The summed E-state index contributed by atoms with van der Waals surface area (Å²) in [6, 6.07) is 4.18. The second kappa shape index (κ2) is 7.41. The summed E-state index contributed by atoms with van der Waals surface area (Å²) >= 11 is 0. The Balaban J connectivity index is 0.00000225. The van der Waals surface area contributed by atoms with Gasteiger partial charge in [0.1, 0.15) is 0 Å². The summed E-state index contributed by atoms with van der Waals surface area (Å²) in [5.74, 6) is -0.577. The van der Waals surface area contributed by atoms with Crippen LogP contribution < -0.4 is 5.32 Å². The van der Waals surface area contributed by atoms with Crippen molar-refractivity contribution in [3.8, 4) is 0 Å². The highest BCUT2D eigenvalue weighted by Crippen LogP contribution is 2.28. The summed E-state index contributed by atoms with van der Waals surface area (Å²) < 4.78 is 27.3. The number of carbonyl (C=O) groups is 2. The first-order valence-corrected chi connectivity index (χ1v) is 9.41. The molecule has 1 aromatic rings. The first-order chi connectivity index (χ1) is 11.4. The van der Waals surface area contributed by atoms with Gasteiger partial charge in [0.05, 0.1) is 16.0 Å². The maximum atomic E-state index is 12.9. The number of nitrogens with one attached hydrogen (secondary N) is 1. The van der Waals surface area contributed by atoms with Crippen molar-refractivity contribution in [2.45, 2.75) is 17.7 Å². The highest BCUT2D eigenvalue weighted by Gasteiger charge is 2.36. The first-order valence-electron chi connectivity index (χ1n) is 7.97. The standard InChI is InChI=1S/C16H21N3O4S.ClH/c1-17-9-11-4-3-7-19(10-11)24(22,23)12-5-6-13-14(8-12)16(21)18(2)15(13)20;/h5-6,8,11,17H,3-4,7,9-10H2,1-2H3;1H. The lowest BCUT2D eigenvalue weighted by molar-refractivity contribution is 0.0693. The molecule has 2 aliphatic rings. The molecule has 0 saturated carbocycles. The summed E-state index contributed by atoms with van der Waals surface area (Å²) in [7, 11) is -0.421. The topological polar surface area (TPSA) is 86.8 Å². The Kier molecular flexibility index (Phi) is 5.88. The van der Waals surface area contributed by atoms with Gasteiger partial charge in [-0.25, -0.2) is 8.42 Å². The van der Waals surface area contributed by atoms with Crippen LogP contribution in [0.15, 0.2) is 23.1 Å². The van der Waals surface area contributed by atoms with Crippen molar-refractivity contribution in [3.63, 3.8) is 0 Å². The maximum absolute atomic E-state index is 12.9. The molecule has 2 heterocycles. The van der Waals surface area contributed by atoms with Gasteiger partial charge in [0.25, 0.3) is 11.8 Å². The Bertz CT molecular complexity index is 795. The molecule has 2 amide bonds. The van der Waals surface area contributed by atoms with Crippen LogP contribution in [-0.2, 0) is 10.0 Å². The van der Waals surface area contributed by atoms with E-state index in [1.807, 2.05) is 7.05 Å². The van der Waals surface area contributed by atoms with Gasteiger partial charge in [-0.1, -0.05) is 0 Å². The van der Waals surface area contributed by atoms with Crippen molar-refractivity contribution in [3.05, 3.63) is 29.3 Å². The molecule has 0 radical (unpaired) electrons. The van der Waals surface area contributed by atoms with E-state index in [-0.39, 0.29) is 34.3 Å².